The number of aromatic amines is 1. The fourth-order valence-electron chi connectivity index (χ4n) is 1.90. The van der Waals surface area contributed by atoms with Gasteiger partial charge in [-0.25, -0.2) is 4.79 Å². The van der Waals surface area contributed by atoms with Crippen LogP contribution in [0.5, 0.6) is 0 Å². The number of carbonyl (C=O) groups excluding carboxylic acids is 1. The summed E-state index contributed by atoms with van der Waals surface area (Å²) in [5.74, 6) is 0. The van der Waals surface area contributed by atoms with Gasteiger partial charge in [0.2, 0.25) is 6.08 Å². The molecule has 0 amide bonds. The van der Waals surface area contributed by atoms with E-state index in [1.165, 1.54) is 0 Å². The predicted octanol–water partition coefficient (Wildman–Crippen LogP) is 1.89. The minimum atomic E-state index is -0.285. The van der Waals surface area contributed by atoms with Gasteiger partial charge < -0.3 is 0 Å². The molecule has 1 heterocycles. The molecule has 15 heavy (non-hydrogen) atoms. The Labute approximate surface area is 86.0 Å². The summed E-state index contributed by atoms with van der Waals surface area (Å²) < 4.78 is 0. The lowest BCUT2D eigenvalue weighted by atomic mass is 10.0. The monoisotopic (exact) mass is 199 g/mol. The van der Waals surface area contributed by atoms with Crippen LogP contribution in [0.2, 0.25) is 0 Å². The second kappa shape index (κ2) is 2.78. The summed E-state index contributed by atoms with van der Waals surface area (Å²) in [6, 6.07) is 6.00. The lowest BCUT2D eigenvalue weighted by Crippen LogP contribution is -2.01. The molecule has 2 aromatic rings. The highest BCUT2D eigenvalue weighted by molar-refractivity contribution is 5.79. The van der Waals surface area contributed by atoms with Crippen molar-refractivity contribution in [3.63, 3.8) is 0 Å². The fraction of sp³-hybridized carbons (Fsp3) is 0.273. The quantitative estimate of drug-likeness (QED) is 0.593. The maximum Gasteiger partial charge on any atom is 0.235 e. The van der Waals surface area contributed by atoms with Crippen LogP contribution < -0.4 is 0 Å². The van der Waals surface area contributed by atoms with Crippen molar-refractivity contribution in [2.75, 3.05) is 0 Å². The molecule has 0 radical (unpaired) electrons. The highest BCUT2D eigenvalue weighted by Gasteiger charge is 2.44. The van der Waals surface area contributed by atoms with E-state index in [2.05, 4.69) is 15.2 Å². The van der Waals surface area contributed by atoms with Crippen molar-refractivity contribution in [3.8, 4) is 0 Å². The number of rotatable bonds is 2. The van der Waals surface area contributed by atoms with Crippen LogP contribution >= 0.6 is 0 Å². The molecule has 0 aliphatic heterocycles. The Balaban J connectivity index is 2.15. The van der Waals surface area contributed by atoms with Gasteiger partial charge >= 0.3 is 0 Å². The van der Waals surface area contributed by atoms with Crippen molar-refractivity contribution in [1.82, 2.24) is 10.2 Å². The van der Waals surface area contributed by atoms with E-state index in [4.69, 9.17) is 0 Å². The van der Waals surface area contributed by atoms with E-state index in [0.717, 1.165) is 29.3 Å². The molecule has 1 aliphatic carbocycles. The molecule has 74 valence electrons. The molecular weight excluding hydrogens is 190 g/mol. The zero-order valence-electron chi connectivity index (χ0n) is 8.03. The molecule has 4 nitrogen and oxygen atoms in total. The molecule has 0 saturated heterocycles. The third-order valence-electron chi connectivity index (χ3n) is 2.96. The summed E-state index contributed by atoms with van der Waals surface area (Å²) in [5, 5.41) is 7.91. The minimum absolute atomic E-state index is 0.285. The Morgan fingerprint density at radius 3 is 3.07 bits per heavy atom. The highest BCUT2D eigenvalue weighted by Crippen LogP contribution is 2.49. The van der Waals surface area contributed by atoms with Crippen molar-refractivity contribution in [3.05, 3.63) is 30.0 Å². The summed E-state index contributed by atoms with van der Waals surface area (Å²) in [5.41, 5.74) is 1.80. The SMILES string of the molecule is O=C=NC1(c2ccc3[nH]ncc3c2)CC1. The third kappa shape index (κ3) is 1.19. The maximum atomic E-state index is 10.3. The molecule has 1 fully saturated rings. The molecule has 0 unspecified atom stereocenters. The predicted molar refractivity (Wildman–Crippen MR) is 55.1 cm³/mol. The summed E-state index contributed by atoms with van der Waals surface area (Å²) in [4.78, 5) is 14.2. The van der Waals surface area contributed by atoms with Crippen LogP contribution in [0.1, 0.15) is 18.4 Å². The summed E-state index contributed by atoms with van der Waals surface area (Å²) in [6.45, 7) is 0. The molecule has 0 bridgehead atoms. The summed E-state index contributed by atoms with van der Waals surface area (Å²) in [6.07, 6.45) is 5.31. The first-order chi connectivity index (χ1) is 7.34. The number of nitrogens with one attached hydrogen (secondary N) is 1. The Morgan fingerprint density at radius 2 is 2.33 bits per heavy atom. The number of hydrogen-bond acceptors (Lipinski definition) is 3. The van der Waals surface area contributed by atoms with Crippen molar-refractivity contribution in [2.45, 2.75) is 18.4 Å². The van der Waals surface area contributed by atoms with Crippen molar-refractivity contribution in [1.29, 1.82) is 0 Å². The minimum Gasteiger partial charge on any atom is -0.278 e. The molecule has 0 atom stereocenters. The molecule has 1 saturated carbocycles. The van der Waals surface area contributed by atoms with Crippen LogP contribution in [-0.4, -0.2) is 16.3 Å². The largest absolute Gasteiger partial charge is 0.278 e. The second-order valence-electron chi connectivity index (χ2n) is 3.91. The lowest BCUT2D eigenvalue weighted by Gasteiger charge is -2.07. The van der Waals surface area contributed by atoms with Gasteiger partial charge in [0.1, 0.15) is 0 Å². The number of H-pyrrole nitrogens is 1. The van der Waals surface area contributed by atoms with E-state index < -0.39 is 0 Å². The molecule has 0 spiro atoms. The Kier molecular flexibility index (Phi) is 1.55. The number of aliphatic imine (C=N–C) groups is 1. The van der Waals surface area contributed by atoms with E-state index in [1.807, 2.05) is 18.2 Å². The van der Waals surface area contributed by atoms with Crippen molar-refractivity contribution >= 4 is 17.0 Å². The average Bonchev–Trinajstić information content (AvgIpc) is 2.89. The van der Waals surface area contributed by atoms with E-state index >= 15 is 0 Å². The molecule has 1 N–H and O–H groups in total. The summed E-state index contributed by atoms with van der Waals surface area (Å²) in [7, 11) is 0. The highest BCUT2D eigenvalue weighted by atomic mass is 16.1. The van der Waals surface area contributed by atoms with E-state index in [0.29, 0.717) is 0 Å². The normalized spacial score (nSPS) is 17.3. The smallest absolute Gasteiger partial charge is 0.235 e. The number of isocyanates is 1. The Bertz CT molecular complexity index is 562. The topological polar surface area (TPSA) is 58.1 Å². The van der Waals surface area contributed by atoms with E-state index in [1.54, 1.807) is 12.3 Å². The first-order valence-electron chi connectivity index (χ1n) is 4.87. The van der Waals surface area contributed by atoms with Crippen molar-refractivity contribution in [2.24, 2.45) is 4.99 Å². The van der Waals surface area contributed by atoms with Crippen LogP contribution in [0.4, 0.5) is 0 Å². The van der Waals surface area contributed by atoms with E-state index in [-0.39, 0.29) is 5.54 Å². The Morgan fingerprint density at radius 1 is 1.47 bits per heavy atom. The first kappa shape index (κ1) is 8.38. The van der Waals surface area contributed by atoms with E-state index in [9.17, 15) is 4.79 Å². The van der Waals surface area contributed by atoms with Gasteiger partial charge in [0.15, 0.2) is 0 Å². The molecular formula is C11H9N3O. The third-order valence-corrected chi connectivity index (χ3v) is 2.96. The lowest BCUT2D eigenvalue weighted by molar-refractivity contribution is 0.556. The standard InChI is InChI=1S/C11H9N3O/c15-7-12-11(3-4-11)9-1-2-10-8(5-9)6-13-14-10/h1-2,5-6H,3-4H2,(H,13,14). The average molecular weight is 199 g/mol. The van der Waals surface area contributed by atoms with Crippen LogP contribution in [0.3, 0.4) is 0 Å². The zero-order valence-corrected chi connectivity index (χ0v) is 8.03. The van der Waals surface area contributed by atoms with Gasteiger partial charge in [-0.3, -0.25) is 5.10 Å². The number of benzene rings is 1. The molecule has 1 aromatic carbocycles. The number of hydrogen-bond donors (Lipinski definition) is 1. The van der Waals surface area contributed by atoms with Crippen LogP contribution in [-0.2, 0) is 10.3 Å². The van der Waals surface area contributed by atoms with Gasteiger partial charge in [-0.15, -0.1) is 0 Å². The molecule has 1 aliphatic rings. The van der Waals surface area contributed by atoms with Crippen LogP contribution in [0.15, 0.2) is 29.4 Å². The Hall–Kier alpha value is -1.93. The molecule has 4 heteroatoms. The number of fused-ring (bicyclic) bond motifs is 1. The van der Waals surface area contributed by atoms with Gasteiger partial charge in [-0.1, -0.05) is 6.07 Å². The van der Waals surface area contributed by atoms with Crippen LogP contribution in [0, 0.1) is 0 Å². The second-order valence-corrected chi connectivity index (χ2v) is 3.91. The van der Waals surface area contributed by atoms with Gasteiger partial charge in [-0.05, 0) is 30.5 Å². The van der Waals surface area contributed by atoms with Gasteiger partial charge in [0.05, 0.1) is 17.3 Å². The molecule has 1 aromatic heterocycles. The van der Waals surface area contributed by atoms with Gasteiger partial charge in [-0.2, -0.15) is 10.1 Å². The van der Waals surface area contributed by atoms with Crippen molar-refractivity contribution < 1.29 is 4.79 Å². The maximum absolute atomic E-state index is 10.3. The molecule has 3 rings (SSSR count). The number of aromatic nitrogens is 2. The van der Waals surface area contributed by atoms with Crippen LogP contribution in [0.25, 0.3) is 10.9 Å². The number of nitrogens with zero attached hydrogens (tertiary/aromatic N) is 2. The summed E-state index contributed by atoms with van der Waals surface area (Å²) >= 11 is 0. The van der Waals surface area contributed by atoms with Gasteiger partial charge in [0, 0.05) is 5.39 Å². The first-order valence-corrected chi connectivity index (χ1v) is 4.87. The fourth-order valence-corrected chi connectivity index (χ4v) is 1.90. The zero-order chi connectivity index (χ0) is 10.3. The van der Waals surface area contributed by atoms with Gasteiger partial charge in [0.25, 0.3) is 0 Å².